The first kappa shape index (κ1) is 19.2. The number of nitrogens with one attached hydrogen (secondary N) is 1. The van der Waals surface area contributed by atoms with Gasteiger partial charge in [-0.05, 0) is 13.0 Å². The van der Waals surface area contributed by atoms with Crippen LogP contribution in [0.15, 0.2) is 18.2 Å². The van der Waals surface area contributed by atoms with Crippen LogP contribution in [0.25, 0.3) is 0 Å². The van der Waals surface area contributed by atoms with Gasteiger partial charge in [0.15, 0.2) is 12.1 Å². The quantitative estimate of drug-likeness (QED) is 0.491. The predicted molar refractivity (Wildman–Crippen MR) is 81.2 cm³/mol. The average Bonchev–Trinajstić information content (AvgIpc) is 2.52. The zero-order valence-electron chi connectivity index (χ0n) is 13.4. The van der Waals surface area contributed by atoms with Crippen molar-refractivity contribution in [2.45, 2.75) is 12.5 Å². The summed E-state index contributed by atoms with van der Waals surface area (Å²) in [6, 6.07) is 3.74. The summed E-state index contributed by atoms with van der Waals surface area (Å²) < 4.78 is 14.9. The molecule has 0 fully saturated rings. The number of methoxy groups -OCH3 is 2. The molecule has 1 atom stereocenters. The number of nitrogens with zero attached hydrogens (tertiary/aromatic N) is 1. The first-order valence-electron chi connectivity index (χ1n) is 6.72. The summed E-state index contributed by atoms with van der Waals surface area (Å²) in [7, 11) is 2.58. The third-order valence-corrected chi connectivity index (χ3v) is 3.04. The van der Waals surface area contributed by atoms with Crippen molar-refractivity contribution in [1.29, 1.82) is 0 Å². The summed E-state index contributed by atoms with van der Waals surface area (Å²) in [4.78, 5) is 33.2. The van der Waals surface area contributed by atoms with E-state index in [-0.39, 0.29) is 23.8 Å². The van der Waals surface area contributed by atoms with Gasteiger partial charge in [0, 0.05) is 19.2 Å². The number of carboxylic acid groups (broad SMARTS) is 1. The molecule has 2 N–H and O–H groups in total. The van der Waals surface area contributed by atoms with E-state index in [9.17, 15) is 19.7 Å². The SMILES string of the molecule is COCC(C)(NC(=O)COc1ccc([N+](=O)[O-])c(OC)c1)C(=O)O. The second-order valence-electron chi connectivity index (χ2n) is 5.00. The molecule has 1 aromatic rings. The van der Waals surface area contributed by atoms with E-state index in [0.717, 1.165) is 0 Å². The number of nitro benzene ring substituents is 1. The number of carbonyl (C=O) groups is 2. The average molecular weight is 342 g/mol. The van der Waals surface area contributed by atoms with Crippen LogP contribution in [-0.2, 0) is 14.3 Å². The third kappa shape index (κ3) is 4.81. The van der Waals surface area contributed by atoms with Crippen LogP contribution < -0.4 is 14.8 Å². The second kappa shape index (κ2) is 8.11. The molecule has 132 valence electrons. The molecule has 1 aromatic carbocycles. The van der Waals surface area contributed by atoms with Gasteiger partial charge in [0.25, 0.3) is 5.91 Å². The Morgan fingerprint density at radius 3 is 2.54 bits per heavy atom. The molecule has 0 aliphatic heterocycles. The minimum absolute atomic E-state index is 0.0207. The molecule has 0 radical (unpaired) electrons. The van der Waals surface area contributed by atoms with Crippen molar-refractivity contribution in [2.24, 2.45) is 0 Å². The first-order chi connectivity index (χ1) is 11.2. The van der Waals surface area contributed by atoms with Crippen LogP contribution in [-0.4, -0.2) is 54.9 Å². The second-order valence-corrected chi connectivity index (χ2v) is 5.00. The lowest BCUT2D eigenvalue weighted by Gasteiger charge is -2.25. The third-order valence-electron chi connectivity index (χ3n) is 3.04. The number of ether oxygens (including phenoxy) is 3. The van der Waals surface area contributed by atoms with Crippen molar-refractivity contribution in [1.82, 2.24) is 5.32 Å². The highest BCUT2D eigenvalue weighted by atomic mass is 16.6. The molecule has 0 aliphatic carbocycles. The van der Waals surface area contributed by atoms with Crippen LogP contribution >= 0.6 is 0 Å². The van der Waals surface area contributed by atoms with E-state index < -0.39 is 28.9 Å². The molecule has 0 bridgehead atoms. The Bertz CT molecular complexity index is 633. The molecule has 24 heavy (non-hydrogen) atoms. The van der Waals surface area contributed by atoms with Crippen LogP contribution in [0.1, 0.15) is 6.92 Å². The minimum Gasteiger partial charge on any atom is -0.490 e. The van der Waals surface area contributed by atoms with Gasteiger partial charge < -0.3 is 24.6 Å². The Hall–Kier alpha value is -2.88. The van der Waals surface area contributed by atoms with Crippen molar-refractivity contribution < 1.29 is 33.8 Å². The number of aliphatic carboxylic acids is 1. The van der Waals surface area contributed by atoms with E-state index in [1.807, 2.05) is 0 Å². The molecule has 1 rings (SSSR count). The number of rotatable bonds is 9. The number of hydrogen-bond donors (Lipinski definition) is 2. The molecule has 10 heteroatoms. The molecule has 1 unspecified atom stereocenters. The fourth-order valence-electron chi connectivity index (χ4n) is 1.83. The van der Waals surface area contributed by atoms with Gasteiger partial charge in [-0.1, -0.05) is 0 Å². The Balaban J connectivity index is 2.73. The van der Waals surface area contributed by atoms with Gasteiger partial charge in [-0.15, -0.1) is 0 Å². The van der Waals surface area contributed by atoms with Crippen molar-refractivity contribution in [3.05, 3.63) is 28.3 Å². The van der Waals surface area contributed by atoms with Gasteiger partial charge in [0.05, 0.1) is 18.6 Å². The topological polar surface area (TPSA) is 137 Å². The van der Waals surface area contributed by atoms with Crippen LogP contribution in [0.4, 0.5) is 5.69 Å². The van der Waals surface area contributed by atoms with Gasteiger partial charge in [-0.25, -0.2) is 4.79 Å². The maximum absolute atomic E-state index is 11.8. The largest absolute Gasteiger partial charge is 0.490 e. The molecular weight excluding hydrogens is 324 g/mol. The van der Waals surface area contributed by atoms with Crippen LogP contribution in [0.3, 0.4) is 0 Å². The van der Waals surface area contributed by atoms with Crippen LogP contribution in [0, 0.1) is 10.1 Å². The van der Waals surface area contributed by atoms with Gasteiger partial charge >= 0.3 is 11.7 Å². The molecular formula is C14H18N2O8. The Labute approximate surface area is 137 Å². The lowest BCUT2D eigenvalue weighted by molar-refractivity contribution is -0.385. The summed E-state index contributed by atoms with van der Waals surface area (Å²) in [5.41, 5.74) is -1.84. The summed E-state index contributed by atoms with van der Waals surface area (Å²) in [6.07, 6.45) is 0. The maximum Gasteiger partial charge on any atom is 0.331 e. The van der Waals surface area contributed by atoms with Crippen molar-refractivity contribution in [3.63, 3.8) is 0 Å². The summed E-state index contributed by atoms with van der Waals surface area (Å²) >= 11 is 0. The number of carboxylic acids is 1. The highest BCUT2D eigenvalue weighted by molar-refractivity contribution is 5.87. The number of carbonyl (C=O) groups excluding carboxylic acids is 1. The Morgan fingerprint density at radius 2 is 2.04 bits per heavy atom. The van der Waals surface area contributed by atoms with Crippen LogP contribution in [0.5, 0.6) is 11.5 Å². The Morgan fingerprint density at radius 1 is 1.38 bits per heavy atom. The minimum atomic E-state index is -1.59. The van der Waals surface area contributed by atoms with Gasteiger partial charge in [0.2, 0.25) is 5.75 Å². The molecule has 1 amide bonds. The van der Waals surface area contributed by atoms with E-state index in [2.05, 4.69) is 5.32 Å². The standard InChI is InChI=1S/C14H18N2O8/c1-14(8-22-2,13(18)19)15-12(17)7-24-9-4-5-10(16(20)21)11(6-9)23-3/h4-6H,7-8H2,1-3H3,(H,15,17)(H,18,19). The number of nitro groups is 1. The summed E-state index contributed by atoms with van der Waals surface area (Å²) in [6.45, 7) is 0.596. The van der Waals surface area contributed by atoms with Gasteiger partial charge in [-0.2, -0.15) is 0 Å². The molecule has 0 heterocycles. The van der Waals surface area contributed by atoms with E-state index in [1.165, 1.54) is 39.3 Å². The highest BCUT2D eigenvalue weighted by Crippen LogP contribution is 2.30. The molecule has 0 saturated heterocycles. The van der Waals surface area contributed by atoms with Gasteiger partial charge in [0.1, 0.15) is 5.75 Å². The molecule has 10 nitrogen and oxygen atoms in total. The lowest BCUT2D eigenvalue weighted by Crippen LogP contribution is -2.56. The number of hydrogen-bond acceptors (Lipinski definition) is 7. The van der Waals surface area contributed by atoms with E-state index in [4.69, 9.17) is 19.3 Å². The monoisotopic (exact) mass is 342 g/mol. The van der Waals surface area contributed by atoms with Crippen molar-refractivity contribution in [3.8, 4) is 11.5 Å². The predicted octanol–water partition coefficient (Wildman–Crippen LogP) is 0.588. The fraction of sp³-hybridized carbons (Fsp3) is 0.429. The number of benzene rings is 1. The molecule has 0 spiro atoms. The van der Waals surface area contributed by atoms with Crippen molar-refractivity contribution >= 4 is 17.6 Å². The van der Waals surface area contributed by atoms with E-state index in [1.54, 1.807) is 0 Å². The zero-order chi connectivity index (χ0) is 18.3. The normalized spacial score (nSPS) is 12.8. The zero-order valence-corrected chi connectivity index (χ0v) is 13.4. The van der Waals surface area contributed by atoms with Crippen LogP contribution in [0.2, 0.25) is 0 Å². The fourth-order valence-corrected chi connectivity index (χ4v) is 1.83. The Kier molecular flexibility index (Phi) is 6.48. The highest BCUT2D eigenvalue weighted by Gasteiger charge is 2.35. The van der Waals surface area contributed by atoms with Gasteiger partial charge in [-0.3, -0.25) is 14.9 Å². The maximum atomic E-state index is 11.8. The first-order valence-corrected chi connectivity index (χ1v) is 6.72. The lowest BCUT2D eigenvalue weighted by atomic mass is 10.0. The molecule has 0 saturated carbocycles. The summed E-state index contributed by atoms with van der Waals surface area (Å²) in [5, 5.41) is 22.2. The molecule has 0 aliphatic rings. The smallest absolute Gasteiger partial charge is 0.331 e. The van der Waals surface area contributed by atoms with Crippen molar-refractivity contribution in [2.75, 3.05) is 27.4 Å². The van der Waals surface area contributed by atoms with E-state index in [0.29, 0.717) is 0 Å². The molecule has 0 aromatic heterocycles. The number of amides is 1. The van der Waals surface area contributed by atoms with E-state index >= 15 is 0 Å². The summed E-state index contributed by atoms with van der Waals surface area (Å²) in [5.74, 6) is -1.80.